The van der Waals surface area contributed by atoms with Crippen molar-refractivity contribution in [2.24, 2.45) is 0 Å². The average molecular weight is 268 g/mol. The van der Waals surface area contributed by atoms with Gasteiger partial charge >= 0.3 is 0 Å². The van der Waals surface area contributed by atoms with Gasteiger partial charge in [-0.1, -0.05) is 73.3 Å². The first kappa shape index (κ1) is 12.2. The number of hydrogen-bond donors (Lipinski definition) is 0. The van der Waals surface area contributed by atoms with Gasteiger partial charge in [0.25, 0.3) is 0 Å². The van der Waals surface area contributed by atoms with Crippen molar-refractivity contribution in [3.63, 3.8) is 0 Å². The molecule has 0 heteroatoms. The normalized spacial score (nSPS) is 12.5. The monoisotopic (exact) mass is 268 g/mol. The third-order valence-corrected chi connectivity index (χ3v) is 4.37. The Bertz CT molecular complexity index is 1050. The summed E-state index contributed by atoms with van der Waals surface area (Å²) >= 11 is 0. The van der Waals surface area contributed by atoms with Crippen molar-refractivity contribution < 1.29 is 0 Å². The van der Waals surface area contributed by atoms with Crippen LogP contribution in [-0.4, -0.2) is 0 Å². The van der Waals surface area contributed by atoms with Gasteiger partial charge in [0.2, 0.25) is 0 Å². The van der Waals surface area contributed by atoms with Gasteiger partial charge in [0.1, 0.15) is 0 Å². The Labute approximate surface area is 124 Å². The Morgan fingerprint density at radius 1 is 0.762 bits per heavy atom. The molecule has 0 aliphatic heterocycles. The second kappa shape index (κ2) is 4.46. The van der Waals surface area contributed by atoms with Gasteiger partial charge in [0.05, 0.1) is 0 Å². The van der Waals surface area contributed by atoms with Crippen LogP contribution < -0.4 is 5.22 Å². The second-order valence-corrected chi connectivity index (χ2v) is 5.39. The number of hydrogen-bond acceptors (Lipinski definition) is 0. The maximum atomic E-state index is 4.07. The summed E-state index contributed by atoms with van der Waals surface area (Å²) in [5, 5.41) is 9.14. The molecule has 4 aromatic rings. The van der Waals surface area contributed by atoms with Crippen molar-refractivity contribution in [1.29, 1.82) is 0 Å². The first-order valence-corrected chi connectivity index (χ1v) is 7.29. The standard InChI is InChI=1S/C21H16/c1-3-14-8-5-12-18-19-13-7-10-15-9-6-11-17(21(15)19)16(4-2)20(14)18/h3-13H,2H2,1H3/b14-3-. The lowest BCUT2D eigenvalue weighted by molar-refractivity contribution is 1.67. The molecule has 0 bridgehead atoms. The van der Waals surface area contributed by atoms with Gasteiger partial charge in [-0.2, -0.15) is 0 Å². The van der Waals surface area contributed by atoms with Crippen molar-refractivity contribution in [1.82, 2.24) is 0 Å². The second-order valence-electron chi connectivity index (χ2n) is 5.39. The minimum atomic E-state index is 1.24. The Kier molecular flexibility index (Phi) is 2.58. The summed E-state index contributed by atoms with van der Waals surface area (Å²) in [5.41, 5.74) is 1.24. The van der Waals surface area contributed by atoms with Gasteiger partial charge < -0.3 is 0 Å². The van der Waals surface area contributed by atoms with Crippen LogP contribution in [0.2, 0.25) is 0 Å². The molecule has 0 radical (unpaired) electrons. The van der Waals surface area contributed by atoms with Crippen LogP contribution in [0, 0.1) is 0 Å². The van der Waals surface area contributed by atoms with E-state index in [0.29, 0.717) is 0 Å². The van der Waals surface area contributed by atoms with Crippen molar-refractivity contribution in [2.45, 2.75) is 6.92 Å². The van der Waals surface area contributed by atoms with E-state index >= 15 is 0 Å². The van der Waals surface area contributed by atoms with Crippen LogP contribution in [0.25, 0.3) is 44.5 Å². The molecular formula is C21H16. The molecule has 0 saturated carbocycles. The van der Waals surface area contributed by atoms with E-state index in [1.165, 1.54) is 43.1 Å². The Morgan fingerprint density at radius 3 is 2.05 bits per heavy atom. The van der Waals surface area contributed by atoms with E-state index in [0.717, 1.165) is 0 Å². The SMILES string of the molecule is C=Cc1c2cccc3cccc(c4ccc/c(=C/C)c14)c32. The summed E-state index contributed by atoms with van der Waals surface area (Å²) < 4.78 is 0. The highest BCUT2D eigenvalue weighted by molar-refractivity contribution is 6.24. The molecule has 0 unspecified atom stereocenters. The number of benzene rings is 4. The Morgan fingerprint density at radius 2 is 1.38 bits per heavy atom. The van der Waals surface area contributed by atoms with Crippen molar-refractivity contribution >= 4 is 44.5 Å². The minimum absolute atomic E-state index is 1.24. The predicted molar refractivity (Wildman–Crippen MR) is 94.4 cm³/mol. The molecule has 0 aliphatic rings. The smallest absolute Gasteiger partial charge is 0.00264 e. The predicted octanol–water partition coefficient (Wildman–Crippen LogP) is 5.31. The van der Waals surface area contributed by atoms with Gasteiger partial charge in [-0.05, 0) is 50.0 Å². The van der Waals surface area contributed by atoms with Crippen LogP contribution in [0.4, 0.5) is 0 Å². The molecule has 0 saturated heterocycles. The highest BCUT2D eigenvalue weighted by Crippen LogP contribution is 2.36. The first-order valence-electron chi connectivity index (χ1n) is 7.29. The average Bonchev–Trinajstić information content (AvgIpc) is 2.55. The van der Waals surface area contributed by atoms with Crippen LogP contribution in [-0.2, 0) is 0 Å². The molecule has 0 N–H and O–H groups in total. The zero-order valence-electron chi connectivity index (χ0n) is 12.1. The molecule has 0 atom stereocenters. The highest BCUT2D eigenvalue weighted by Gasteiger charge is 2.11. The van der Waals surface area contributed by atoms with E-state index in [1.54, 1.807) is 0 Å². The topological polar surface area (TPSA) is 0 Å². The molecule has 4 rings (SSSR count). The number of rotatable bonds is 1. The van der Waals surface area contributed by atoms with Crippen LogP contribution in [0.3, 0.4) is 0 Å². The Balaban J connectivity index is 2.50. The lowest BCUT2D eigenvalue weighted by atomic mass is 9.90. The quantitative estimate of drug-likeness (QED) is 0.324. The van der Waals surface area contributed by atoms with E-state index in [1.807, 2.05) is 6.08 Å². The summed E-state index contributed by atoms with van der Waals surface area (Å²) in [6, 6.07) is 19.6. The fourth-order valence-corrected chi connectivity index (χ4v) is 3.47. The maximum Gasteiger partial charge on any atom is -0.00264 e. The molecule has 0 aliphatic carbocycles. The summed E-state index contributed by atoms with van der Waals surface area (Å²) in [4.78, 5) is 0. The molecule has 0 spiro atoms. The largest absolute Gasteiger partial charge is 0.0984 e. The maximum absolute atomic E-state index is 4.07. The zero-order chi connectivity index (χ0) is 14.4. The first-order chi connectivity index (χ1) is 10.3. The molecule has 0 heterocycles. The molecule has 0 nitrogen and oxygen atoms in total. The van der Waals surface area contributed by atoms with E-state index in [4.69, 9.17) is 0 Å². The molecule has 100 valence electrons. The lowest BCUT2D eigenvalue weighted by Crippen LogP contribution is -2.03. The summed E-state index contributed by atoms with van der Waals surface area (Å²) in [7, 11) is 0. The molecule has 0 amide bonds. The van der Waals surface area contributed by atoms with Crippen LogP contribution >= 0.6 is 0 Å². The van der Waals surface area contributed by atoms with Gasteiger partial charge in [-0.3, -0.25) is 0 Å². The summed E-state index contributed by atoms with van der Waals surface area (Å²) in [6.07, 6.45) is 4.17. The molecular weight excluding hydrogens is 252 g/mol. The Hall–Kier alpha value is -2.60. The van der Waals surface area contributed by atoms with Crippen molar-refractivity contribution in [3.8, 4) is 0 Å². The number of fused-ring (bicyclic) bond motifs is 2. The summed E-state index contributed by atoms with van der Waals surface area (Å²) in [6.45, 7) is 6.16. The fourth-order valence-electron chi connectivity index (χ4n) is 3.47. The molecule has 4 aromatic carbocycles. The lowest BCUT2D eigenvalue weighted by Gasteiger charge is -2.14. The van der Waals surface area contributed by atoms with Crippen LogP contribution in [0.15, 0.2) is 61.2 Å². The third kappa shape index (κ3) is 1.56. The van der Waals surface area contributed by atoms with Gasteiger partial charge in [0, 0.05) is 0 Å². The van der Waals surface area contributed by atoms with Crippen molar-refractivity contribution in [3.05, 3.63) is 72.0 Å². The van der Waals surface area contributed by atoms with Crippen molar-refractivity contribution in [2.75, 3.05) is 0 Å². The van der Waals surface area contributed by atoms with Gasteiger partial charge in [0.15, 0.2) is 0 Å². The van der Waals surface area contributed by atoms with E-state index in [9.17, 15) is 0 Å². The van der Waals surface area contributed by atoms with Gasteiger partial charge in [-0.25, -0.2) is 0 Å². The van der Waals surface area contributed by atoms with Crippen LogP contribution in [0.5, 0.6) is 0 Å². The van der Waals surface area contributed by atoms with Crippen LogP contribution in [0.1, 0.15) is 12.5 Å². The van der Waals surface area contributed by atoms with Gasteiger partial charge in [-0.15, -0.1) is 0 Å². The van der Waals surface area contributed by atoms with E-state index < -0.39 is 0 Å². The molecule has 21 heavy (non-hydrogen) atoms. The fraction of sp³-hybridized carbons (Fsp3) is 0.0476. The van der Waals surface area contributed by atoms with E-state index in [-0.39, 0.29) is 0 Å². The van der Waals surface area contributed by atoms with E-state index in [2.05, 4.69) is 74.2 Å². The summed E-state index contributed by atoms with van der Waals surface area (Å²) in [5.74, 6) is 0. The molecule has 0 aromatic heterocycles. The zero-order valence-corrected chi connectivity index (χ0v) is 12.1. The highest BCUT2D eigenvalue weighted by atomic mass is 14.1. The minimum Gasteiger partial charge on any atom is -0.0984 e. The molecule has 0 fully saturated rings. The third-order valence-electron chi connectivity index (χ3n) is 4.37.